The zero-order valence-corrected chi connectivity index (χ0v) is 10.4. The van der Waals surface area contributed by atoms with Gasteiger partial charge in [-0.2, -0.15) is 0 Å². The number of aliphatic hydroxyl groups excluding tert-OH is 2. The SMILES string of the molecule is CC(CO)C(C)(c1ccccc1)C(C)CO. The van der Waals surface area contributed by atoms with E-state index in [1.807, 2.05) is 32.0 Å². The van der Waals surface area contributed by atoms with Crippen molar-refractivity contribution in [3.8, 4) is 0 Å². The quantitative estimate of drug-likeness (QED) is 0.802. The van der Waals surface area contributed by atoms with Crippen molar-refractivity contribution in [2.45, 2.75) is 26.2 Å². The van der Waals surface area contributed by atoms with Crippen molar-refractivity contribution in [3.63, 3.8) is 0 Å². The van der Waals surface area contributed by atoms with Gasteiger partial charge >= 0.3 is 0 Å². The second-order valence-corrected chi connectivity index (χ2v) is 4.82. The number of hydrogen-bond acceptors (Lipinski definition) is 2. The van der Waals surface area contributed by atoms with Crippen molar-refractivity contribution in [2.24, 2.45) is 11.8 Å². The van der Waals surface area contributed by atoms with Gasteiger partial charge in [-0.15, -0.1) is 0 Å². The first-order valence-corrected chi connectivity index (χ1v) is 5.84. The maximum atomic E-state index is 9.39. The van der Waals surface area contributed by atoms with Gasteiger partial charge in [0.25, 0.3) is 0 Å². The molecule has 2 N–H and O–H groups in total. The summed E-state index contributed by atoms with van der Waals surface area (Å²) in [5, 5.41) is 18.8. The van der Waals surface area contributed by atoms with Crippen LogP contribution in [0.1, 0.15) is 26.3 Å². The normalized spacial score (nSPS) is 18.8. The van der Waals surface area contributed by atoms with Crippen molar-refractivity contribution in [1.29, 1.82) is 0 Å². The van der Waals surface area contributed by atoms with E-state index in [1.165, 1.54) is 5.56 Å². The highest BCUT2D eigenvalue weighted by Crippen LogP contribution is 2.38. The van der Waals surface area contributed by atoms with Gasteiger partial charge in [-0.3, -0.25) is 0 Å². The highest BCUT2D eigenvalue weighted by atomic mass is 16.3. The molecule has 0 bridgehead atoms. The number of aliphatic hydroxyl groups is 2. The molecule has 1 rings (SSSR count). The van der Waals surface area contributed by atoms with E-state index < -0.39 is 0 Å². The highest BCUT2D eigenvalue weighted by Gasteiger charge is 2.37. The summed E-state index contributed by atoms with van der Waals surface area (Å²) < 4.78 is 0. The smallest absolute Gasteiger partial charge is 0.0465 e. The molecular weight excluding hydrogens is 200 g/mol. The minimum atomic E-state index is -0.190. The molecule has 16 heavy (non-hydrogen) atoms. The van der Waals surface area contributed by atoms with Crippen LogP contribution in [0.5, 0.6) is 0 Å². The third kappa shape index (κ3) is 2.28. The number of benzene rings is 1. The van der Waals surface area contributed by atoms with Crippen LogP contribution in [0.2, 0.25) is 0 Å². The van der Waals surface area contributed by atoms with Gasteiger partial charge < -0.3 is 10.2 Å². The molecule has 90 valence electrons. The first kappa shape index (κ1) is 13.2. The molecule has 1 aromatic rings. The summed E-state index contributed by atoms with van der Waals surface area (Å²) in [5.74, 6) is 0.245. The van der Waals surface area contributed by atoms with E-state index in [2.05, 4.69) is 19.1 Å². The van der Waals surface area contributed by atoms with E-state index in [-0.39, 0.29) is 30.5 Å². The Morgan fingerprint density at radius 3 is 1.81 bits per heavy atom. The van der Waals surface area contributed by atoms with E-state index in [0.29, 0.717) is 0 Å². The van der Waals surface area contributed by atoms with Crippen LogP contribution in [0.25, 0.3) is 0 Å². The zero-order chi connectivity index (χ0) is 12.2. The maximum absolute atomic E-state index is 9.39. The molecular formula is C14H22O2. The Labute approximate surface area is 97.9 Å². The molecule has 0 aromatic heterocycles. The lowest BCUT2D eigenvalue weighted by Crippen LogP contribution is -2.40. The Morgan fingerprint density at radius 1 is 1.00 bits per heavy atom. The molecule has 0 aliphatic heterocycles. The van der Waals surface area contributed by atoms with E-state index in [1.54, 1.807) is 0 Å². The Kier molecular flexibility index (Phi) is 4.51. The standard InChI is InChI=1S/C14H22O2/c1-11(9-15)14(3,12(2)10-16)13-7-5-4-6-8-13/h4-8,11-12,15-16H,9-10H2,1-3H3. The third-order valence-corrected chi connectivity index (χ3v) is 3.99. The lowest BCUT2D eigenvalue weighted by Gasteiger charge is -2.40. The molecule has 0 radical (unpaired) electrons. The van der Waals surface area contributed by atoms with Gasteiger partial charge in [0, 0.05) is 18.6 Å². The summed E-state index contributed by atoms with van der Waals surface area (Å²) in [4.78, 5) is 0. The lowest BCUT2D eigenvalue weighted by molar-refractivity contribution is 0.0931. The lowest BCUT2D eigenvalue weighted by atomic mass is 9.65. The molecule has 0 aliphatic rings. The van der Waals surface area contributed by atoms with Crippen molar-refractivity contribution < 1.29 is 10.2 Å². The Bertz CT molecular complexity index is 298. The highest BCUT2D eigenvalue weighted by molar-refractivity contribution is 5.26. The van der Waals surface area contributed by atoms with Crippen LogP contribution in [0.15, 0.2) is 30.3 Å². The molecule has 0 saturated heterocycles. The van der Waals surface area contributed by atoms with Crippen molar-refractivity contribution in [2.75, 3.05) is 13.2 Å². The summed E-state index contributed by atoms with van der Waals surface area (Å²) in [6, 6.07) is 10.1. The third-order valence-electron chi connectivity index (χ3n) is 3.99. The zero-order valence-electron chi connectivity index (χ0n) is 10.4. The summed E-state index contributed by atoms with van der Waals surface area (Å²) >= 11 is 0. The van der Waals surface area contributed by atoms with Crippen LogP contribution in [0.3, 0.4) is 0 Å². The Balaban J connectivity index is 3.14. The van der Waals surface area contributed by atoms with Crippen molar-refractivity contribution >= 4 is 0 Å². The molecule has 2 nitrogen and oxygen atoms in total. The van der Waals surface area contributed by atoms with Gasteiger partial charge in [0.05, 0.1) is 0 Å². The summed E-state index contributed by atoms with van der Waals surface area (Å²) in [6.07, 6.45) is 0. The van der Waals surface area contributed by atoms with Gasteiger partial charge in [0.2, 0.25) is 0 Å². The second kappa shape index (κ2) is 5.46. The fourth-order valence-electron chi connectivity index (χ4n) is 2.23. The summed E-state index contributed by atoms with van der Waals surface area (Å²) in [6.45, 7) is 6.44. The Hall–Kier alpha value is -0.860. The monoisotopic (exact) mass is 222 g/mol. The van der Waals surface area contributed by atoms with Gasteiger partial charge in [-0.1, -0.05) is 51.1 Å². The molecule has 0 fully saturated rings. The van der Waals surface area contributed by atoms with Crippen LogP contribution in [0, 0.1) is 11.8 Å². The molecule has 0 spiro atoms. The molecule has 0 amide bonds. The molecule has 2 unspecified atom stereocenters. The molecule has 0 aliphatic carbocycles. The molecule has 0 heterocycles. The van der Waals surface area contributed by atoms with Gasteiger partial charge in [0.15, 0.2) is 0 Å². The van der Waals surface area contributed by atoms with E-state index >= 15 is 0 Å². The largest absolute Gasteiger partial charge is 0.396 e. The predicted molar refractivity (Wildman–Crippen MR) is 66.3 cm³/mol. The summed E-state index contributed by atoms with van der Waals surface area (Å²) in [7, 11) is 0. The van der Waals surface area contributed by atoms with E-state index in [9.17, 15) is 10.2 Å². The average molecular weight is 222 g/mol. The minimum Gasteiger partial charge on any atom is -0.396 e. The van der Waals surface area contributed by atoms with Crippen molar-refractivity contribution in [1.82, 2.24) is 0 Å². The van der Waals surface area contributed by atoms with Gasteiger partial charge in [-0.25, -0.2) is 0 Å². The molecule has 1 aromatic carbocycles. The van der Waals surface area contributed by atoms with Gasteiger partial charge in [0.1, 0.15) is 0 Å². The topological polar surface area (TPSA) is 40.5 Å². The fraction of sp³-hybridized carbons (Fsp3) is 0.571. The summed E-state index contributed by atoms with van der Waals surface area (Å²) in [5.41, 5.74) is 0.989. The van der Waals surface area contributed by atoms with Crippen LogP contribution < -0.4 is 0 Å². The predicted octanol–water partition coefficient (Wildman–Crippen LogP) is 2.20. The average Bonchev–Trinajstić information content (AvgIpc) is 2.36. The van der Waals surface area contributed by atoms with Gasteiger partial charge in [-0.05, 0) is 17.4 Å². The second-order valence-electron chi connectivity index (χ2n) is 4.82. The first-order valence-electron chi connectivity index (χ1n) is 5.84. The van der Waals surface area contributed by atoms with E-state index in [4.69, 9.17) is 0 Å². The fourth-order valence-corrected chi connectivity index (χ4v) is 2.23. The Morgan fingerprint density at radius 2 is 1.44 bits per heavy atom. The maximum Gasteiger partial charge on any atom is 0.0465 e. The number of hydrogen-bond donors (Lipinski definition) is 2. The molecule has 0 saturated carbocycles. The number of rotatable bonds is 5. The van der Waals surface area contributed by atoms with Crippen LogP contribution in [0.4, 0.5) is 0 Å². The first-order chi connectivity index (χ1) is 7.57. The van der Waals surface area contributed by atoms with E-state index in [0.717, 1.165) is 0 Å². The van der Waals surface area contributed by atoms with Crippen molar-refractivity contribution in [3.05, 3.63) is 35.9 Å². The minimum absolute atomic E-state index is 0.122. The molecule has 2 heteroatoms. The van der Waals surface area contributed by atoms with Crippen LogP contribution in [-0.4, -0.2) is 23.4 Å². The van der Waals surface area contributed by atoms with Crippen LogP contribution in [-0.2, 0) is 5.41 Å². The van der Waals surface area contributed by atoms with Crippen LogP contribution >= 0.6 is 0 Å². The molecule has 2 atom stereocenters.